The Balaban J connectivity index is 1.94. The lowest BCUT2D eigenvalue weighted by atomic mass is 10.1. The standard InChI is InChI=1S/C16H13FN4O3/c1-23-13-7-9(17)3-5-12(13)24-15(22)8-2-4-11-10(6-8)14(18)21-16(19)20-11/h2-7H,1H3,(H4,18,19,20,21). The first-order valence-electron chi connectivity index (χ1n) is 6.86. The average Bonchev–Trinajstić information content (AvgIpc) is 2.56. The minimum atomic E-state index is -0.655. The van der Waals surface area contributed by atoms with Gasteiger partial charge in [0.2, 0.25) is 5.95 Å². The summed E-state index contributed by atoms with van der Waals surface area (Å²) in [5.74, 6) is -0.735. The number of hydrogen-bond donors (Lipinski definition) is 2. The Morgan fingerprint density at radius 3 is 2.62 bits per heavy atom. The van der Waals surface area contributed by atoms with Crippen LogP contribution in [0.25, 0.3) is 10.9 Å². The van der Waals surface area contributed by atoms with E-state index in [0.29, 0.717) is 10.9 Å². The highest BCUT2D eigenvalue weighted by Gasteiger charge is 2.15. The maximum absolute atomic E-state index is 13.2. The zero-order chi connectivity index (χ0) is 17.3. The number of anilines is 2. The molecule has 0 aliphatic rings. The summed E-state index contributed by atoms with van der Waals surface area (Å²) in [6.45, 7) is 0. The molecule has 0 unspecified atom stereocenters. The van der Waals surface area contributed by atoms with Crippen molar-refractivity contribution in [2.24, 2.45) is 0 Å². The summed E-state index contributed by atoms with van der Waals surface area (Å²) in [4.78, 5) is 20.2. The molecule has 0 spiro atoms. The van der Waals surface area contributed by atoms with Crippen molar-refractivity contribution < 1.29 is 18.7 Å². The second-order valence-electron chi connectivity index (χ2n) is 4.88. The molecule has 3 aromatic rings. The van der Waals surface area contributed by atoms with Gasteiger partial charge in [-0.2, -0.15) is 4.98 Å². The molecule has 1 aromatic heterocycles. The number of methoxy groups -OCH3 is 1. The minimum absolute atomic E-state index is 0.0476. The second kappa shape index (κ2) is 5.99. The van der Waals surface area contributed by atoms with Gasteiger partial charge < -0.3 is 20.9 Å². The number of halogens is 1. The van der Waals surface area contributed by atoms with Gasteiger partial charge in [0.1, 0.15) is 11.6 Å². The highest BCUT2D eigenvalue weighted by atomic mass is 19.1. The Kier molecular flexibility index (Phi) is 3.87. The Bertz CT molecular complexity index is 946. The van der Waals surface area contributed by atoms with E-state index in [4.69, 9.17) is 20.9 Å². The fraction of sp³-hybridized carbons (Fsp3) is 0.0625. The topological polar surface area (TPSA) is 113 Å². The molecule has 122 valence electrons. The average molecular weight is 328 g/mol. The van der Waals surface area contributed by atoms with Crippen LogP contribution in [0.4, 0.5) is 16.2 Å². The maximum Gasteiger partial charge on any atom is 0.343 e. The van der Waals surface area contributed by atoms with E-state index in [-0.39, 0.29) is 28.8 Å². The molecule has 8 heteroatoms. The molecule has 1 heterocycles. The first-order valence-corrected chi connectivity index (χ1v) is 6.86. The van der Waals surface area contributed by atoms with E-state index >= 15 is 0 Å². The molecule has 2 aromatic carbocycles. The molecule has 0 aliphatic carbocycles. The number of carbonyl (C=O) groups excluding carboxylic acids is 1. The minimum Gasteiger partial charge on any atom is -0.493 e. The van der Waals surface area contributed by atoms with E-state index in [1.54, 1.807) is 6.07 Å². The van der Waals surface area contributed by atoms with Gasteiger partial charge in [-0.25, -0.2) is 14.2 Å². The number of nitrogen functional groups attached to an aromatic ring is 2. The van der Waals surface area contributed by atoms with Gasteiger partial charge in [-0.15, -0.1) is 0 Å². The molecule has 4 N–H and O–H groups in total. The Morgan fingerprint density at radius 1 is 1.08 bits per heavy atom. The predicted octanol–water partition coefficient (Wildman–Crippen LogP) is 2.16. The lowest BCUT2D eigenvalue weighted by Crippen LogP contribution is -2.10. The summed E-state index contributed by atoms with van der Waals surface area (Å²) in [7, 11) is 1.35. The molecule has 0 aliphatic heterocycles. The van der Waals surface area contributed by atoms with Gasteiger partial charge in [0, 0.05) is 11.5 Å². The SMILES string of the molecule is COc1cc(F)ccc1OC(=O)c1ccc2nc(N)nc(N)c2c1. The van der Waals surface area contributed by atoms with E-state index in [0.717, 1.165) is 6.07 Å². The number of hydrogen-bond acceptors (Lipinski definition) is 7. The highest BCUT2D eigenvalue weighted by molar-refractivity contribution is 5.98. The molecule has 0 bridgehead atoms. The van der Waals surface area contributed by atoms with E-state index in [9.17, 15) is 9.18 Å². The van der Waals surface area contributed by atoms with Crippen molar-refractivity contribution in [3.05, 3.63) is 47.8 Å². The summed E-state index contributed by atoms with van der Waals surface area (Å²) in [5, 5.41) is 0.477. The Labute approximate surface area is 136 Å². The van der Waals surface area contributed by atoms with Crippen molar-refractivity contribution in [2.45, 2.75) is 0 Å². The summed E-state index contributed by atoms with van der Waals surface area (Å²) in [6.07, 6.45) is 0. The molecular weight excluding hydrogens is 315 g/mol. The van der Waals surface area contributed by atoms with Gasteiger partial charge in [0.05, 0.1) is 18.2 Å². The molecule has 7 nitrogen and oxygen atoms in total. The van der Waals surface area contributed by atoms with Crippen LogP contribution >= 0.6 is 0 Å². The van der Waals surface area contributed by atoms with Gasteiger partial charge in [-0.3, -0.25) is 0 Å². The molecule has 0 amide bonds. The van der Waals surface area contributed by atoms with Crippen LogP contribution in [0.15, 0.2) is 36.4 Å². The highest BCUT2D eigenvalue weighted by Crippen LogP contribution is 2.29. The fourth-order valence-corrected chi connectivity index (χ4v) is 2.18. The zero-order valence-electron chi connectivity index (χ0n) is 12.6. The lowest BCUT2D eigenvalue weighted by molar-refractivity contribution is 0.0729. The number of benzene rings is 2. The molecule has 24 heavy (non-hydrogen) atoms. The maximum atomic E-state index is 13.2. The van der Waals surface area contributed by atoms with Gasteiger partial charge in [0.15, 0.2) is 11.5 Å². The summed E-state index contributed by atoms with van der Waals surface area (Å²) < 4.78 is 23.4. The number of esters is 1. The van der Waals surface area contributed by atoms with Crippen molar-refractivity contribution in [3.8, 4) is 11.5 Å². The van der Waals surface area contributed by atoms with Gasteiger partial charge >= 0.3 is 5.97 Å². The number of ether oxygens (including phenoxy) is 2. The van der Waals surface area contributed by atoms with Gasteiger partial charge in [-0.05, 0) is 30.3 Å². The van der Waals surface area contributed by atoms with Crippen molar-refractivity contribution in [2.75, 3.05) is 18.6 Å². The number of rotatable bonds is 3. The second-order valence-corrected chi connectivity index (χ2v) is 4.88. The molecule has 0 saturated carbocycles. The zero-order valence-corrected chi connectivity index (χ0v) is 12.6. The van der Waals surface area contributed by atoms with Crippen LogP contribution in [0.3, 0.4) is 0 Å². The van der Waals surface area contributed by atoms with Crippen LogP contribution in [0.1, 0.15) is 10.4 Å². The normalized spacial score (nSPS) is 10.6. The largest absolute Gasteiger partial charge is 0.493 e. The molecule has 0 fully saturated rings. The molecule has 0 radical (unpaired) electrons. The van der Waals surface area contributed by atoms with E-state index in [2.05, 4.69) is 9.97 Å². The summed E-state index contributed by atoms with van der Waals surface area (Å²) in [5.41, 5.74) is 12.1. The number of nitrogens with zero attached hydrogens (tertiary/aromatic N) is 2. The first-order chi connectivity index (χ1) is 11.5. The van der Waals surface area contributed by atoms with Crippen LogP contribution in [0.5, 0.6) is 11.5 Å². The third-order valence-electron chi connectivity index (χ3n) is 3.31. The molecule has 0 saturated heterocycles. The number of nitrogens with two attached hydrogens (primary N) is 2. The smallest absolute Gasteiger partial charge is 0.343 e. The van der Waals surface area contributed by atoms with Crippen LogP contribution in [-0.2, 0) is 0 Å². The monoisotopic (exact) mass is 328 g/mol. The van der Waals surface area contributed by atoms with Crippen LogP contribution in [-0.4, -0.2) is 23.0 Å². The number of fused-ring (bicyclic) bond motifs is 1. The van der Waals surface area contributed by atoms with E-state index in [1.165, 1.54) is 31.4 Å². The van der Waals surface area contributed by atoms with Crippen LogP contribution in [0.2, 0.25) is 0 Å². The van der Waals surface area contributed by atoms with E-state index in [1.807, 2.05) is 0 Å². The van der Waals surface area contributed by atoms with E-state index < -0.39 is 11.8 Å². The predicted molar refractivity (Wildman–Crippen MR) is 86.3 cm³/mol. The number of carbonyl (C=O) groups is 1. The molecule has 0 atom stereocenters. The summed E-state index contributed by atoms with van der Waals surface area (Å²) in [6, 6.07) is 8.21. The third-order valence-corrected chi connectivity index (χ3v) is 3.31. The first kappa shape index (κ1) is 15.5. The molecule has 3 rings (SSSR count). The van der Waals surface area contributed by atoms with Crippen molar-refractivity contribution in [3.63, 3.8) is 0 Å². The van der Waals surface area contributed by atoms with Crippen LogP contribution in [0, 0.1) is 5.82 Å². The lowest BCUT2D eigenvalue weighted by Gasteiger charge is -2.10. The van der Waals surface area contributed by atoms with Crippen molar-refractivity contribution >= 4 is 28.6 Å². The van der Waals surface area contributed by atoms with Gasteiger partial charge in [-0.1, -0.05) is 0 Å². The van der Waals surface area contributed by atoms with Crippen molar-refractivity contribution in [1.82, 2.24) is 9.97 Å². The van der Waals surface area contributed by atoms with Crippen molar-refractivity contribution in [1.29, 1.82) is 0 Å². The quantitative estimate of drug-likeness (QED) is 0.559. The Morgan fingerprint density at radius 2 is 1.88 bits per heavy atom. The molecular formula is C16H13FN4O3. The van der Waals surface area contributed by atoms with Crippen LogP contribution < -0.4 is 20.9 Å². The third kappa shape index (κ3) is 2.89. The number of aromatic nitrogens is 2. The fourth-order valence-electron chi connectivity index (χ4n) is 2.18. The summed E-state index contributed by atoms with van der Waals surface area (Å²) >= 11 is 0. The van der Waals surface area contributed by atoms with Gasteiger partial charge in [0.25, 0.3) is 0 Å². The Hall–Kier alpha value is -3.42.